The van der Waals surface area contributed by atoms with Gasteiger partial charge in [-0.1, -0.05) is 140 Å². The van der Waals surface area contributed by atoms with E-state index in [-0.39, 0.29) is 0 Å². The van der Waals surface area contributed by atoms with Crippen molar-refractivity contribution >= 4 is 21.8 Å². The van der Waals surface area contributed by atoms with Crippen molar-refractivity contribution < 1.29 is 26.3 Å². The molecule has 0 N–H and O–H groups in total. The van der Waals surface area contributed by atoms with E-state index in [1.165, 1.54) is 18.2 Å². The van der Waals surface area contributed by atoms with Crippen LogP contribution in [0.3, 0.4) is 0 Å². The lowest BCUT2D eigenvalue weighted by Crippen LogP contribution is -2.07. The molecule has 0 aliphatic heterocycles. The molecule has 9 aromatic carbocycles. The molecule has 1 atom stereocenters. The third-order valence-corrected chi connectivity index (χ3v) is 13.5. The highest BCUT2D eigenvalue weighted by molar-refractivity contribution is 6.10. The summed E-state index contributed by atoms with van der Waals surface area (Å²) in [7, 11) is 0. The molecule has 1 aliphatic rings. The molecule has 0 saturated heterocycles. The minimum Gasteiger partial charge on any atom is -0.309 e. The molecule has 0 radical (unpaired) electrons. The van der Waals surface area contributed by atoms with E-state index >= 15 is 0 Å². The predicted octanol–water partition coefficient (Wildman–Crippen LogP) is 16.4. The fourth-order valence-corrected chi connectivity index (χ4v) is 10.1. The Hall–Kier alpha value is -9.14. The Morgan fingerprint density at radius 1 is 0.389 bits per heavy atom. The van der Waals surface area contributed by atoms with Gasteiger partial charge in [-0.2, -0.15) is 31.6 Å². The summed E-state index contributed by atoms with van der Waals surface area (Å²) in [6.45, 7) is 0. The molecule has 1 unspecified atom stereocenters. The van der Waals surface area contributed by atoms with Gasteiger partial charge in [0, 0.05) is 38.9 Å². The van der Waals surface area contributed by atoms with Crippen LogP contribution in [0.4, 0.5) is 26.3 Å². The van der Waals surface area contributed by atoms with E-state index in [4.69, 9.17) is 15.0 Å². The Morgan fingerprint density at radius 2 is 0.889 bits per heavy atom. The van der Waals surface area contributed by atoms with Crippen LogP contribution in [0.1, 0.15) is 39.3 Å². The van der Waals surface area contributed by atoms with E-state index in [2.05, 4.69) is 6.07 Å². The quantitative estimate of drug-likeness (QED) is 0.149. The molecule has 0 amide bonds. The van der Waals surface area contributed by atoms with Gasteiger partial charge in [-0.25, -0.2) is 15.0 Å². The molecule has 1 aliphatic carbocycles. The highest BCUT2D eigenvalue weighted by Crippen LogP contribution is 2.53. The van der Waals surface area contributed by atoms with Crippen LogP contribution in [-0.2, 0) is 12.4 Å². The predicted molar refractivity (Wildman–Crippen MR) is 269 cm³/mol. The second-order valence-corrected chi connectivity index (χ2v) is 17.7. The number of nitrogens with zero attached hydrogens (tertiary/aromatic N) is 5. The molecule has 0 bridgehead atoms. The molecule has 0 fully saturated rings. The second-order valence-electron chi connectivity index (χ2n) is 17.7. The number of nitriles is 1. The molecule has 0 saturated carbocycles. The third kappa shape index (κ3) is 7.65. The molecule has 346 valence electrons. The van der Waals surface area contributed by atoms with Crippen molar-refractivity contribution in [3.63, 3.8) is 0 Å². The number of aromatic nitrogens is 4. The van der Waals surface area contributed by atoms with Crippen molar-refractivity contribution in [2.45, 2.75) is 18.3 Å². The summed E-state index contributed by atoms with van der Waals surface area (Å²) in [6, 6.07) is 62.8. The maximum atomic E-state index is 14.4. The van der Waals surface area contributed by atoms with Gasteiger partial charge in [0.2, 0.25) is 0 Å². The van der Waals surface area contributed by atoms with Gasteiger partial charge < -0.3 is 4.57 Å². The molecular formula is C61H35F6N5. The van der Waals surface area contributed by atoms with Crippen molar-refractivity contribution in [3.8, 4) is 79.3 Å². The first kappa shape index (κ1) is 44.1. The van der Waals surface area contributed by atoms with Crippen LogP contribution < -0.4 is 0 Å². The van der Waals surface area contributed by atoms with Crippen LogP contribution in [0, 0.1) is 11.3 Å². The number of benzene rings is 9. The standard InChI is InChI=1S/C61H35F6N5/c62-60(63,64)42-25-28-48-50(33-42)44-15-7-8-17-46(44)56(48)47-27-23-41(59-70-57(38-11-3-1-4-12-38)69-58(71-59)39-13-5-2-6-14-39)32-49(47)51-31-40(37-21-19-36(35-68)20-22-37)24-29-54(51)72-53-18-10-9-16-45(53)52-34-43(61(65,66)67)26-30-55(52)72/h1-34,56H. The number of para-hydroxylation sites is 1. The molecular weight excluding hydrogens is 917 g/mol. The van der Waals surface area contributed by atoms with Crippen LogP contribution in [-0.4, -0.2) is 19.5 Å². The van der Waals surface area contributed by atoms with Crippen LogP contribution in [0.2, 0.25) is 0 Å². The number of fused-ring (bicyclic) bond motifs is 6. The zero-order valence-electron chi connectivity index (χ0n) is 37.7. The van der Waals surface area contributed by atoms with Gasteiger partial charge in [-0.3, -0.25) is 0 Å². The number of halogens is 6. The fraction of sp³-hybridized carbons (Fsp3) is 0.0492. The molecule has 2 aromatic heterocycles. The van der Waals surface area contributed by atoms with E-state index in [0.29, 0.717) is 83.9 Å². The summed E-state index contributed by atoms with van der Waals surface area (Å²) < 4.78 is 88.4. The van der Waals surface area contributed by atoms with Crippen LogP contribution in [0.25, 0.3) is 95.0 Å². The maximum absolute atomic E-state index is 14.4. The van der Waals surface area contributed by atoms with Gasteiger partial charge in [-0.05, 0) is 111 Å². The van der Waals surface area contributed by atoms with Crippen molar-refractivity contribution in [1.82, 2.24) is 19.5 Å². The van der Waals surface area contributed by atoms with E-state index in [9.17, 15) is 31.6 Å². The van der Waals surface area contributed by atoms with Gasteiger partial charge in [0.05, 0.1) is 39.5 Å². The summed E-state index contributed by atoms with van der Waals surface area (Å²) in [4.78, 5) is 15.1. The zero-order valence-corrected chi connectivity index (χ0v) is 37.7. The molecule has 2 heterocycles. The van der Waals surface area contributed by atoms with Crippen molar-refractivity contribution in [3.05, 3.63) is 240 Å². The van der Waals surface area contributed by atoms with Crippen LogP contribution in [0.15, 0.2) is 206 Å². The summed E-state index contributed by atoms with van der Waals surface area (Å²) in [5, 5.41) is 10.7. The van der Waals surface area contributed by atoms with E-state index in [1.54, 1.807) is 24.3 Å². The van der Waals surface area contributed by atoms with Gasteiger partial charge in [0.15, 0.2) is 17.5 Å². The van der Waals surface area contributed by atoms with Crippen molar-refractivity contribution in [1.29, 1.82) is 5.26 Å². The molecule has 12 rings (SSSR count). The molecule has 0 spiro atoms. The van der Waals surface area contributed by atoms with Crippen molar-refractivity contribution in [2.24, 2.45) is 0 Å². The van der Waals surface area contributed by atoms with E-state index in [1.807, 2.05) is 156 Å². The largest absolute Gasteiger partial charge is 0.416 e. The third-order valence-electron chi connectivity index (χ3n) is 13.5. The second kappa shape index (κ2) is 17.1. The Kier molecular flexibility index (Phi) is 10.5. The normalized spacial score (nSPS) is 13.3. The molecule has 5 nitrogen and oxygen atoms in total. The van der Waals surface area contributed by atoms with E-state index < -0.39 is 29.4 Å². The highest BCUT2D eigenvalue weighted by Gasteiger charge is 2.37. The number of rotatable bonds is 7. The van der Waals surface area contributed by atoms with Crippen LogP contribution in [0.5, 0.6) is 0 Å². The van der Waals surface area contributed by atoms with Gasteiger partial charge in [0.25, 0.3) is 0 Å². The summed E-state index contributed by atoms with van der Waals surface area (Å²) >= 11 is 0. The average molecular weight is 952 g/mol. The van der Waals surface area contributed by atoms with Gasteiger partial charge >= 0.3 is 12.4 Å². The minimum atomic E-state index is -4.59. The lowest BCUT2D eigenvalue weighted by molar-refractivity contribution is -0.138. The fourth-order valence-electron chi connectivity index (χ4n) is 10.1. The number of hydrogen-bond donors (Lipinski definition) is 0. The number of hydrogen-bond acceptors (Lipinski definition) is 4. The lowest BCUT2D eigenvalue weighted by Gasteiger charge is -2.23. The van der Waals surface area contributed by atoms with Gasteiger partial charge in [-0.15, -0.1) is 0 Å². The zero-order chi connectivity index (χ0) is 49.3. The van der Waals surface area contributed by atoms with Crippen LogP contribution >= 0.6 is 0 Å². The minimum absolute atomic E-state index is 0.360. The van der Waals surface area contributed by atoms with Crippen molar-refractivity contribution in [2.75, 3.05) is 0 Å². The Bertz CT molecular complexity index is 3910. The maximum Gasteiger partial charge on any atom is 0.416 e. The first-order chi connectivity index (χ1) is 34.9. The average Bonchev–Trinajstić information content (AvgIpc) is 3.92. The first-order valence-corrected chi connectivity index (χ1v) is 23.0. The Morgan fingerprint density at radius 3 is 1.56 bits per heavy atom. The Balaban J connectivity index is 1.18. The smallest absolute Gasteiger partial charge is 0.309 e. The summed E-state index contributed by atoms with van der Waals surface area (Å²) in [5.41, 5.74) is 9.17. The topological polar surface area (TPSA) is 67.4 Å². The molecule has 11 aromatic rings. The monoisotopic (exact) mass is 951 g/mol. The highest BCUT2D eigenvalue weighted by atomic mass is 19.4. The number of alkyl halides is 6. The lowest BCUT2D eigenvalue weighted by atomic mass is 9.82. The first-order valence-electron chi connectivity index (χ1n) is 23.0. The van der Waals surface area contributed by atoms with E-state index in [0.717, 1.165) is 45.5 Å². The SMILES string of the molecule is N#Cc1ccc(-c2ccc(-n3c4ccccc4c4cc(C(F)(F)F)ccc43)c(-c3cc(-c4nc(-c5ccccc5)nc(-c5ccccc5)n4)ccc3C3c4ccccc4-c4cc(C(F)(F)F)ccc43)c2)cc1. The van der Waals surface area contributed by atoms with Gasteiger partial charge in [0.1, 0.15) is 0 Å². The molecule has 72 heavy (non-hydrogen) atoms. The summed E-state index contributed by atoms with van der Waals surface area (Å²) in [6.07, 6.45) is -9.17. The Labute approximate surface area is 408 Å². The molecule has 11 heteroatoms. The summed E-state index contributed by atoms with van der Waals surface area (Å²) in [5.74, 6) is 0.672.